The number of carbonyl (C=O) groups is 1. The van der Waals surface area contributed by atoms with Gasteiger partial charge < -0.3 is 9.80 Å². The molecule has 1 unspecified atom stereocenters. The Labute approximate surface area is 166 Å². The molecule has 10 heteroatoms. The number of carbonyl (C=O) groups excluding carboxylic acids is 1. The summed E-state index contributed by atoms with van der Waals surface area (Å²) in [4.78, 5) is 16.3. The molecule has 0 spiro atoms. The molecule has 3 rings (SSSR count). The highest BCUT2D eigenvalue weighted by Crippen LogP contribution is 2.27. The van der Waals surface area contributed by atoms with Crippen molar-refractivity contribution < 1.29 is 21.6 Å². The van der Waals surface area contributed by atoms with Gasteiger partial charge in [0.2, 0.25) is 5.91 Å². The Balaban J connectivity index is 1.78. The van der Waals surface area contributed by atoms with Gasteiger partial charge >= 0.3 is 0 Å². The molecule has 0 aromatic heterocycles. The molecule has 0 saturated carbocycles. The van der Waals surface area contributed by atoms with Crippen LogP contribution in [0, 0.1) is 0 Å². The van der Waals surface area contributed by atoms with Crippen LogP contribution in [0.3, 0.4) is 0 Å². The van der Waals surface area contributed by atoms with Gasteiger partial charge in [-0.25, -0.2) is 8.42 Å². The summed E-state index contributed by atoms with van der Waals surface area (Å²) in [5, 5.41) is 0. The Kier molecular flexibility index (Phi) is 5.81. The van der Waals surface area contributed by atoms with Crippen molar-refractivity contribution in [2.24, 2.45) is 4.40 Å². The molecule has 2 aliphatic rings. The number of sulfone groups is 1. The largest absolute Gasteiger partial charge is 0.349 e. The van der Waals surface area contributed by atoms with Crippen LogP contribution >= 0.6 is 0 Å². The number of amidine groups is 1. The molecule has 1 aromatic rings. The number of likely N-dealkylation sites (N-methyl/N-ethyl adjacent to an activating group) is 1. The van der Waals surface area contributed by atoms with E-state index in [1.165, 1.54) is 11.0 Å². The lowest BCUT2D eigenvalue weighted by atomic mass is 10.1. The van der Waals surface area contributed by atoms with Crippen molar-refractivity contribution in [2.75, 3.05) is 31.6 Å². The molecular formula is C18H25N3O5S2. The molecule has 0 radical (unpaired) electrons. The van der Waals surface area contributed by atoms with Crippen LogP contribution in [-0.4, -0.2) is 76.1 Å². The lowest BCUT2D eigenvalue weighted by Gasteiger charge is -2.30. The van der Waals surface area contributed by atoms with Crippen LogP contribution in [0.25, 0.3) is 0 Å². The first-order chi connectivity index (χ1) is 13.1. The molecule has 0 bridgehead atoms. The van der Waals surface area contributed by atoms with Gasteiger partial charge in [0.15, 0.2) is 15.7 Å². The molecule has 0 N–H and O–H groups in total. The molecule has 0 aliphatic carbocycles. The van der Waals surface area contributed by atoms with Gasteiger partial charge in [0.05, 0.1) is 18.1 Å². The normalized spacial score (nSPS) is 21.8. The number of unbranched alkanes of at least 4 members (excludes halogenated alkanes) is 1. The van der Waals surface area contributed by atoms with Crippen molar-refractivity contribution in [3.63, 3.8) is 0 Å². The van der Waals surface area contributed by atoms with E-state index in [1.807, 2.05) is 6.92 Å². The standard InChI is InChI=1S/C18H25N3O5S2/c1-3-4-10-21(14-9-11-27(23,24)13-14)17(22)12-20(2)18-15-7-5-6-8-16(15)28(25,26)19-18/h5-8,14H,3-4,9-13H2,1-2H3. The zero-order valence-corrected chi connectivity index (χ0v) is 17.7. The van der Waals surface area contributed by atoms with E-state index in [0.29, 0.717) is 18.5 Å². The molecule has 1 amide bonds. The van der Waals surface area contributed by atoms with Gasteiger partial charge in [-0.05, 0) is 25.0 Å². The van der Waals surface area contributed by atoms with Gasteiger partial charge in [-0.3, -0.25) is 4.79 Å². The first-order valence-electron chi connectivity index (χ1n) is 9.30. The maximum absolute atomic E-state index is 13.0. The second-order valence-corrected chi connectivity index (χ2v) is 11.0. The van der Waals surface area contributed by atoms with Gasteiger partial charge in [0, 0.05) is 25.2 Å². The molecule has 28 heavy (non-hydrogen) atoms. The van der Waals surface area contributed by atoms with Crippen molar-refractivity contribution in [1.82, 2.24) is 9.80 Å². The summed E-state index contributed by atoms with van der Waals surface area (Å²) in [6.07, 6.45) is 2.11. The Bertz CT molecular complexity index is 1000. The van der Waals surface area contributed by atoms with Crippen molar-refractivity contribution in [3.8, 4) is 0 Å². The van der Waals surface area contributed by atoms with Crippen LogP contribution in [-0.2, 0) is 24.7 Å². The predicted octanol–water partition coefficient (Wildman–Crippen LogP) is 0.883. The molecule has 1 saturated heterocycles. The fraction of sp³-hybridized carbons (Fsp3) is 0.556. The van der Waals surface area contributed by atoms with E-state index in [9.17, 15) is 21.6 Å². The van der Waals surface area contributed by atoms with Gasteiger partial charge in [0.1, 0.15) is 4.90 Å². The minimum atomic E-state index is -3.76. The smallest absolute Gasteiger partial charge is 0.285 e. The number of sulfonamides is 1. The monoisotopic (exact) mass is 427 g/mol. The van der Waals surface area contributed by atoms with Crippen molar-refractivity contribution >= 4 is 31.6 Å². The van der Waals surface area contributed by atoms with E-state index in [4.69, 9.17) is 0 Å². The summed E-state index contributed by atoms with van der Waals surface area (Å²) in [7, 11) is -5.25. The molecular weight excluding hydrogens is 402 g/mol. The lowest BCUT2D eigenvalue weighted by Crippen LogP contribution is -2.47. The highest BCUT2D eigenvalue weighted by molar-refractivity contribution is 7.91. The Hall–Kier alpha value is -1.94. The summed E-state index contributed by atoms with van der Waals surface area (Å²) < 4.78 is 52.0. The van der Waals surface area contributed by atoms with E-state index < -0.39 is 19.9 Å². The molecule has 154 valence electrons. The molecule has 1 fully saturated rings. The zero-order valence-electron chi connectivity index (χ0n) is 16.0. The number of rotatable bonds is 6. The Morgan fingerprint density at radius 1 is 1.21 bits per heavy atom. The molecule has 2 heterocycles. The highest BCUT2D eigenvalue weighted by atomic mass is 32.2. The SMILES string of the molecule is CCCCN(C(=O)CN(C)C1=NS(=O)(=O)c2ccccc21)C1CCS(=O)(=O)C1. The number of benzene rings is 1. The molecule has 2 aliphatic heterocycles. The minimum absolute atomic E-state index is 0.00960. The zero-order chi connectivity index (χ0) is 20.5. The Morgan fingerprint density at radius 2 is 1.93 bits per heavy atom. The van der Waals surface area contributed by atoms with Crippen LogP contribution in [0.15, 0.2) is 33.6 Å². The van der Waals surface area contributed by atoms with Crippen molar-refractivity contribution in [1.29, 1.82) is 0 Å². The fourth-order valence-electron chi connectivity index (χ4n) is 3.59. The van der Waals surface area contributed by atoms with Gasteiger partial charge in [-0.2, -0.15) is 8.42 Å². The maximum Gasteiger partial charge on any atom is 0.285 e. The van der Waals surface area contributed by atoms with E-state index in [-0.39, 0.29) is 40.7 Å². The van der Waals surface area contributed by atoms with Crippen LogP contribution in [0.5, 0.6) is 0 Å². The third-order valence-electron chi connectivity index (χ3n) is 5.07. The minimum Gasteiger partial charge on any atom is -0.349 e. The predicted molar refractivity (Wildman–Crippen MR) is 106 cm³/mol. The number of hydrogen-bond donors (Lipinski definition) is 0. The first kappa shape index (κ1) is 20.8. The van der Waals surface area contributed by atoms with Crippen LogP contribution in [0.4, 0.5) is 0 Å². The van der Waals surface area contributed by atoms with E-state index in [0.717, 1.165) is 12.8 Å². The van der Waals surface area contributed by atoms with Gasteiger partial charge in [-0.15, -0.1) is 4.40 Å². The number of amides is 1. The maximum atomic E-state index is 13.0. The summed E-state index contributed by atoms with van der Waals surface area (Å²) in [5.74, 6) is 0.104. The second-order valence-electron chi connectivity index (χ2n) is 7.24. The molecule has 1 aromatic carbocycles. The summed E-state index contributed by atoms with van der Waals surface area (Å²) in [6.45, 7) is 2.43. The number of hydrogen-bond acceptors (Lipinski definition) is 6. The topological polar surface area (TPSA) is 104 Å². The van der Waals surface area contributed by atoms with Crippen LogP contribution in [0.1, 0.15) is 31.7 Å². The highest BCUT2D eigenvalue weighted by Gasteiger charge is 2.36. The first-order valence-corrected chi connectivity index (χ1v) is 12.6. The third kappa shape index (κ3) is 4.22. The van der Waals surface area contributed by atoms with Crippen LogP contribution in [0.2, 0.25) is 0 Å². The third-order valence-corrected chi connectivity index (χ3v) is 8.14. The summed E-state index contributed by atoms with van der Waals surface area (Å²) in [5.41, 5.74) is 0.473. The Morgan fingerprint density at radius 3 is 2.57 bits per heavy atom. The van der Waals surface area contributed by atoms with E-state index >= 15 is 0 Å². The average molecular weight is 428 g/mol. The van der Waals surface area contributed by atoms with Crippen LogP contribution < -0.4 is 0 Å². The molecule has 1 atom stereocenters. The van der Waals surface area contributed by atoms with E-state index in [2.05, 4.69) is 4.40 Å². The van der Waals surface area contributed by atoms with E-state index in [1.54, 1.807) is 30.1 Å². The summed E-state index contributed by atoms with van der Waals surface area (Å²) in [6, 6.07) is 6.19. The number of fused-ring (bicyclic) bond motifs is 1. The summed E-state index contributed by atoms with van der Waals surface area (Å²) >= 11 is 0. The number of nitrogens with zero attached hydrogens (tertiary/aromatic N) is 3. The van der Waals surface area contributed by atoms with Gasteiger partial charge in [-0.1, -0.05) is 25.5 Å². The average Bonchev–Trinajstić information content (AvgIpc) is 3.12. The van der Waals surface area contributed by atoms with Crippen molar-refractivity contribution in [3.05, 3.63) is 29.8 Å². The fourth-order valence-corrected chi connectivity index (χ4v) is 6.58. The molecule has 8 nitrogen and oxygen atoms in total. The quantitative estimate of drug-likeness (QED) is 0.668. The lowest BCUT2D eigenvalue weighted by molar-refractivity contribution is -0.133. The second kappa shape index (κ2) is 7.82. The van der Waals surface area contributed by atoms with Gasteiger partial charge in [0.25, 0.3) is 10.0 Å². The van der Waals surface area contributed by atoms with Crippen molar-refractivity contribution in [2.45, 2.75) is 37.1 Å².